The molecule has 2 fully saturated rings. The number of carbonyl (C=O) groups excluding carboxylic acids is 5. The van der Waals surface area contributed by atoms with Gasteiger partial charge in [-0.25, -0.2) is 28.0 Å². The Balaban J connectivity index is 1.63. The number of ether oxygens (including phenoxy) is 2. The molecule has 2 saturated heterocycles. The van der Waals surface area contributed by atoms with Gasteiger partial charge >= 0.3 is 12.2 Å². The molecule has 52 heavy (non-hydrogen) atoms. The van der Waals surface area contributed by atoms with Crippen LogP contribution in [0.5, 0.6) is 0 Å². The number of benzene rings is 2. The molecule has 2 heterocycles. The van der Waals surface area contributed by atoms with Gasteiger partial charge in [0.2, 0.25) is 0 Å². The first-order valence-electron chi connectivity index (χ1n) is 17.0. The number of amides is 5. The van der Waals surface area contributed by atoms with Crippen LogP contribution < -0.4 is 10.6 Å². The average molecular weight is 744 g/mol. The van der Waals surface area contributed by atoms with Crippen LogP contribution in [-0.2, 0) is 24.1 Å². The highest BCUT2D eigenvalue weighted by Crippen LogP contribution is 2.35. The number of hydrogen-bond donors (Lipinski definition) is 3. The minimum absolute atomic E-state index is 0.0571. The smallest absolute Gasteiger partial charge is 0.429 e. The van der Waals surface area contributed by atoms with Crippen molar-refractivity contribution in [1.82, 2.24) is 20.2 Å². The number of aliphatic hydroxyl groups excluding tert-OH is 1. The molecule has 0 radical (unpaired) electrons. The second-order valence-corrected chi connectivity index (χ2v) is 17.5. The van der Waals surface area contributed by atoms with Crippen LogP contribution in [0.2, 0.25) is 0 Å². The fourth-order valence-corrected chi connectivity index (χ4v) is 6.73. The number of rotatable bonds is 8. The molecule has 2 aromatic rings. The van der Waals surface area contributed by atoms with Gasteiger partial charge in [0.1, 0.15) is 23.3 Å². The molecule has 15 nitrogen and oxygen atoms in total. The summed E-state index contributed by atoms with van der Waals surface area (Å²) in [5.74, 6) is -1.99. The Bertz CT molecular complexity index is 1800. The Kier molecular flexibility index (Phi) is 11.6. The van der Waals surface area contributed by atoms with E-state index in [0.717, 1.165) is 16.3 Å². The molecule has 0 aromatic heterocycles. The maximum atomic E-state index is 14.5. The molecule has 284 valence electrons. The summed E-state index contributed by atoms with van der Waals surface area (Å²) in [4.78, 5) is 68.9. The van der Waals surface area contributed by atoms with Crippen molar-refractivity contribution in [3.63, 3.8) is 0 Å². The number of aliphatic hydroxyl groups is 1. The number of carbonyl (C=O) groups is 5. The van der Waals surface area contributed by atoms with E-state index in [1.165, 1.54) is 53.4 Å². The molecule has 3 N–H and O–H groups in total. The summed E-state index contributed by atoms with van der Waals surface area (Å²) in [7, 11) is -3.63. The van der Waals surface area contributed by atoms with E-state index in [4.69, 9.17) is 9.47 Å². The summed E-state index contributed by atoms with van der Waals surface area (Å²) in [5, 5.41) is 18.9. The predicted molar refractivity (Wildman–Crippen MR) is 191 cm³/mol. The van der Waals surface area contributed by atoms with Crippen LogP contribution in [-0.4, -0.2) is 113 Å². The zero-order valence-electron chi connectivity index (χ0n) is 31.0. The quantitative estimate of drug-likeness (QED) is 0.358. The van der Waals surface area contributed by atoms with Crippen LogP contribution in [0.1, 0.15) is 82.5 Å². The molecular weight excluding hydrogens is 694 g/mol. The topological polar surface area (TPSA) is 192 Å². The third-order valence-electron chi connectivity index (χ3n) is 8.18. The summed E-state index contributed by atoms with van der Waals surface area (Å²) >= 11 is 0. The number of likely N-dealkylation sites (tertiary alicyclic amines) is 1. The first-order valence-corrected chi connectivity index (χ1v) is 18.9. The highest BCUT2D eigenvalue weighted by Gasteiger charge is 2.57. The van der Waals surface area contributed by atoms with Gasteiger partial charge in [-0.3, -0.25) is 19.7 Å². The number of hydrazine groups is 1. The Morgan fingerprint density at radius 1 is 0.904 bits per heavy atom. The van der Waals surface area contributed by atoms with Gasteiger partial charge in [0, 0.05) is 29.6 Å². The highest BCUT2D eigenvalue weighted by atomic mass is 32.2. The number of nitrogens with one attached hydrogen (secondary N) is 2. The van der Waals surface area contributed by atoms with Crippen LogP contribution in [0.3, 0.4) is 0 Å². The van der Waals surface area contributed by atoms with Crippen molar-refractivity contribution in [3.8, 4) is 0 Å². The second-order valence-electron chi connectivity index (χ2n) is 15.5. The lowest BCUT2D eigenvalue weighted by Crippen LogP contribution is -2.58. The average Bonchev–Trinajstić information content (AvgIpc) is 3.55. The summed E-state index contributed by atoms with van der Waals surface area (Å²) < 4.78 is 35.3. The molecule has 0 spiro atoms. The molecule has 2 aliphatic heterocycles. The van der Waals surface area contributed by atoms with Gasteiger partial charge < -0.3 is 24.8 Å². The van der Waals surface area contributed by atoms with Crippen LogP contribution in [0.4, 0.5) is 15.3 Å². The molecule has 4 rings (SSSR count). The van der Waals surface area contributed by atoms with E-state index in [1.807, 2.05) is 13.8 Å². The number of fused-ring (bicyclic) bond motifs is 1. The van der Waals surface area contributed by atoms with E-state index >= 15 is 0 Å². The SMILES string of the molecule is CC(C)C[C@H](NC(=O)c1ccc(NC(=O)OC(C)(C)C)cc1)C(=O)N1[C@H]2[C@@H](CN1C(=O)OC(C)(C)C)N(C(=O)c1cccc(S(C)(=O)=O)c1)C[C@@H]2O. The van der Waals surface area contributed by atoms with Crippen LogP contribution in [0, 0.1) is 5.92 Å². The molecular formula is C36H49N5O10S. The lowest BCUT2D eigenvalue weighted by Gasteiger charge is -2.36. The first-order chi connectivity index (χ1) is 23.9. The first kappa shape index (κ1) is 40.1. The molecule has 5 amide bonds. The number of β-amino-alcohol motifs (C(OH)–C–C–N with tert-alkyl or cyclic N) is 1. The van der Waals surface area contributed by atoms with Crippen LogP contribution in [0.15, 0.2) is 53.4 Å². The van der Waals surface area contributed by atoms with Gasteiger partial charge in [-0.05, 0) is 96.3 Å². The molecule has 2 aromatic carbocycles. The van der Waals surface area contributed by atoms with Crippen molar-refractivity contribution in [2.45, 2.75) is 102 Å². The Labute approximate surface area is 304 Å². The van der Waals surface area contributed by atoms with Gasteiger partial charge in [0.15, 0.2) is 9.84 Å². The summed E-state index contributed by atoms with van der Waals surface area (Å²) in [5.41, 5.74) is -1.03. The van der Waals surface area contributed by atoms with Gasteiger partial charge in [0.25, 0.3) is 17.7 Å². The third kappa shape index (κ3) is 9.79. The Morgan fingerprint density at radius 3 is 2.08 bits per heavy atom. The normalized spacial score (nSPS) is 19.6. The third-order valence-corrected chi connectivity index (χ3v) is 9.29. The maximum absolute atomic E-state index is 14.5. The van der Waals surface area contributed by atoms with E-state index in [9.17, 15) is 37.5 Å². The van der Waals surface area contributed by atoms with Gasteiger partial charge in [-0.1, -0.05) is 19.9 Å². The minimum Gasteiger partial charge on any atom is -0.444 e. The van der Waals surface area contributed by atoms with Crippen LogP contribution in [0.25, 0.3) is 0 Å². The minimum atomic E-state index is -3.63. The van der Waals surface area contributed by atoms with Crippen molar-refractivity contribution in [3.05, 3.63) is 59.7 Å². The maximum Gasteiger partial charge on any atom is 0.429 e. The molecule has 0 aliphatic carbocycles. The number of hydrogen-bond acceptors (Lipinski definition) is 10. The van der Waals surface area contributed by atoms with Crippen LogP contribution >= 0.6 is 0 Å². The van der Waals surface area contributed by atoms with E-state index in [1.54, 1.807) is 41.5 Å². The van der Waals surface area contributed by atoms with Crippen molar-refractivity contribution in [2.24, 2.45) is 5.92 Å². The lowest BCUT2D eigenvalue weighted by atomic mass is 10.0. The van der Waals surface area contributed by atoms with Crippen molar-refractivity contribution < 1.29 is 47.0 Å². The summed E-state index contributed by atoms with van der Waals surface area (Å²) in [6.45, 7) is 13.5. The largest absolute Gasteiger partial charge is 0.444 e. The molecule has 0 saturated carbocycles. The molecule has 0 unspecified atom stereocenters. The predicted octanol–water partition coefficient (Wildman–Crippen LogP) is 3.83. The van der Waals surface area contributed by atoms with Crippen molar-refractivity contribution >= 4 is 45.4 Å². The monoisotopic (exact) mass is 743 g/mol. The molecule has 16 heteroatoms. The van der Waals surface area contributed by atoms with Gasteiger partial charge in [-0.2, -0.15) is 0 Å². The van der Waals surface area contributed by atoms with E-state index in [2.05, 4.69) is 10.6 Å². The van der Waals surface area contributed by atoms with Crippen molar-refractivity contribution in [1.29, 1.82) is 0 Å². The fraction of sp³-hybridized carbons (Fsp3) is 0.528. The standard InChI is InChI=1S/C36H49N5O10S/c1-21(2)17-26(38-30(43)22-13-15-24(16-14-22)37-33(46)50-35(3,4)5)32(45)41-29-27(19-40(41)34(47)51-36(6,7)8)39(20-28(29)42)31(44)23-11-10-12-25(18-23)52(9,48)49/h10-16,18,21,26-29,42H,17,19-20H2,1-9H3,(H,37,46)(H,38,43)/t26-,27+,28-,29-/m0/s1. The molecule has 0 bridgehead atoms. The van der Waals surface area contributed by atoms with E-state index in [0.29, 0.717) is 5.69 Å². The highest BCUT2D eigenvalue weighted by molar-refractivity contribution is 7.90. The van der Waals surface area contributed by atoms with Crippen molar-refractivity contribution in [2.75, 3.05) is 24.7 Å². The van der Waals surface area contributed by atoms with Gasteiger partial charge in [0.05, 0.1) is 23.6 Å². The zero-order valence-corrected chi connectivity index (χ0v) is 31.8. The zero-order chi connectivity index (χ0) is 38.9. The number of anilines is 1. The summed E-state index contributed by atoms with van der Waals surface area (Å²) in [6.07, 6.45) is -1.67. The molecule has 4 atom stereocenters. The number of sulfone groups is 1. The Hall–Kier alpha value is -4.70. The fourth-order valence-electron chi connectivity index (χ4n) is 6.07. The number of nitrogens with zero attached hydrogens (tertiary/aromatic N) is 3. The van der Waals surface area contributed by atoms with E-state index in [-0.39, 0.29) is 41.5 Å². The second kappa shape index (κ2) is 15.1. The van der Waals surface area contributed by atoms with E-state index < -0.39 is 75.2 Å². The molecule has 2 aliphatic rings. The lowest BCUT2D eigenvalue weighted by molar-refractivity contribution is -0.152. The Morgan fingerprint density at radius 2 is 1.52 bits per heavy atom. The van der Waals surface area contributed by atoms with Gasteiger partial charge in [-0.15, -0.1) is 0 Å². The summed E-state index contributed by atoms with van der Waals surface area (Å²) in [6, 6.07) is 8.33.